The van der Waals surface area contributed by atoms with Gasteiger partial charge in [-0.05, 0) is 78.8 Å². The van der Waals surface area contributed by atoms with Crippen molar-refractivity contribution in [3.63, 3.8) is 0 Å². The van der Waals surface area contributed by atoms with Crippen molar-refractivity contribution >= 4 is 22.9 Å². The van der Waals surface area contributed by atoms with E-state index >= 15 is 8.78 Å². The first-order valence-electron chi connectivity index (χ1n) is 12.1. The van der Waals surface area contributed by atoms with Crippen LogP contribution in [0.4, 0.5) is 8.78 Å². The molecular formula is C28H28F2N2O2. The van der Waals surface area contributed by atoms with Crippen LogP contribution in [-0.2, 0) is 11.2 Å². The smallest absolute Gasteiger partial charge is 0.328 e. The molecule has 2 aromatic carbocycles. The van der Waals surface area contributed by atoms with E-state index in [1.807, 2.05) is 18.2 Å². The predicted octanol–water partition coefficient (Wildman–Crippen LogP) is 6.07. The third-order valence-electron chi connectivity index (χ3n) is 8.31. The van der Waals surface area contributed by atoms with E-state index < -0.39 is 23.6 Å². The second-order valence-electron chi connectivity index (χ2n) is 10.5. The number of nitrogens with one attached hydrogen (secondary N) is 1. The quantitative estimate of drug-likeness (QED) is 0.437. The van der Waals surface area contributed by atoms with Crippen molar-refractivity contribution in [1.29, 1.82) is 0 Å². The second kappa shape index (κ2) is 7.77. The molecule has 6 heteroatoms. The van der Waals surface area contributed by atoms with Crippen molar-refractivity contribution in [2.75, 3.05) is 6.54 Å². The number of para-hydroxylation sites is 1. The fourth-order valence-corrected chi connectivity index (χ4v) is 6.68. The minimum absolute atomic E-state index is 0.0463. The molecule has 2 bridgehead atoms. The zero-order valence-corrected chi connectivity index (χ0v) is 19.2. The highest BCUT2D eigenvalue weighted by Crippen LogP contribution is 2.65. The Bertz CT molecular complexity index is 1290. The number of carboxylic acid groups (broad SMARTS) is 1. The molecule has 176 valence electrons. The Hall–Kier alpha value is -2.99. The number of halogens is 2. The molecule has 34 heavy (non-hydrogen) atoms. The summed E-state index contributed by atoms with van der Waals surface area (Å²) in [6.45, 7) is 3.00. The maximum Gasteiger partial charge on any atom is 0.328 e. The number of nitrogens with zero attached hydrogens (tertiary/aromatic N) is 1. The van der Waals surface area contributed by atoms with Gasteiger partial charge in [-0.3, -0.25) is 4.90 Å². The fraction of sp³-hybridized carbons (Fsp3) is 0.393. The molecule has 0 spiro atoms. The molecule has 4 aliphatic rings. The molecule has 1 aromatic heterocycles. The second-order valence-corrected chi connectivity index (χ2v) is 10.5. The zero-order chi connectivity index (χ0) is 23.6. The third-order valence-corrected chi connectivity index (χ3v) is 8.31. The molecule has 0 saturated heterocycles. The molecule has 4 nitrogen and oxygen atoms in total. The first-order chi connectivity index (χ1) is 16.4. The lowest BCUT2D eigenvalue weighted by Gasteiger charge is -2.64. The topological polar surface area (TPSA) is 56.3 Å². The summed E-state index contributed by atoms with van der Waals surface area (Å²) in [6.07, 6.45) is 7.53. The summed E-state index contributed by atoms with van der Waals surface area (Å²) >= 11 is 0. The molecule has 2 unspecified atom stereocenters. The van der Waals surface area contributed by atoms with Gasteiger partial charge in [0.05, 0.1) is 6.04 Å². The van der Waals surface area contributed by atoms with E-state index in [0.717, 1.165) is 53.5 Å². The summed E-state index contributed by atoms with van der Waals surface area (Å²) in [5.74, 6) is -1.60. The zero-order valence-electron chi connectivity index (χ0n) is 19.2. The molecule has 2 N–H and O–H groups in total. The number of aliphatic carboxylic acids is 1. The molecule has 0 amide bonds. The molecule has 3 saturated carbocycles. The molecule has 1 aliphatic heterocycles. The summed E-state index contributed by atoms with van der Waals surface area (Å²) in [5, 5.41) is 10.0. The number of aromatic amines is 1. The lowest BCUT2D eigenvalue weighted by Crippen LogP contribution is -2.60. The monoisotopic (exact) mass is 462 g/mol. The van der Waals surface area contributed by atoms with Crippen LogP contribution in [0.1, 0.15) is 61.0 Å². The van der Waals surface area contributed by atoms with E-state index in [2.05, 4.69) is 22.9 Å². The summed E-state index contributed by atoms with van der Waals surface area (Å²) in [7, 11) is 0. The average molecular weight is 463 g/mol. The number of rotatable bonds is 6. The maximum atomic E-state index is 15.7. The number of hydrogen-bond donors (Lipinski definition) is 2. The Balaban J connectivity index is 1.51. The predicted molar refractivity (Wildman–Crippen MR) is 127 cm³/mol. The summed E-state index contributed by atoms with van der Waals surface area (Å²) < 4.78 is 31.3. The number of carboxylic acids is 1. The minimum Gasteiger partial charge on any atom is -0.478 e. The molecule has 2 atom stereocenters. The van der Waals surface area contributed by atoms with Crippen LogP contribution in [0.5, 0.6) is 0 Å². The van der Waals surface area contributed by atoms with E-state index in [0.29, 0.717) is 0 Å². The number of hydrogen-bond acceptors (Lipinski definition) is 2. The van der Waals surface area contributed by atoms with Gasteiger partial charge in [0.15, 0.2) is 0 Å². The number of carbonyl (C=O) groups is 1. The van der Waals surface area contributed by atoms with Gasteiger partial charge in [-0.25, -0.2) is 13.6 Å². The van der Waals surface area contributed by atoms with E-state index in [9.17, 15) is 4.79 Å². The van der Waals surface area contributed by atoms with Crippen LogP contribution in [0.15, 0.2) is 42.5 Å². The van der Waals surface area contributed by atoms with Crippen molar-refractivity contribution in [3.05, 3.63) is 76.5 Å². The first kappa shape index (κ1) is 21.5. The van der Waals surface area contributed by atoms with Crippen molar-refractivity contribution in [2.24, 2.45) is 11.3 Å². The van der Waals surface area contributed by atoms with Gasteiger partial charge < -0.3 is 10.1 Å². The van der Waals surface area contributed by atoms with Crippen LogP contribution >= 0.6 is 0 Å². The Morgan fingerprint density at radius 2 is 1.91 bits per heavy atom. The van der Waals surface area contributed by atoms with Crippen LogP contribution in [-0.4, -0.2) is 33.5 Å². The Kier molecular flexibility index (Phi) is 4.92. The summed E-state index contributed by atoms with van der Waals surface area (Å²) in [4.78, 5) is 16.7. The Labute approximate surface area is 197 Å². The van der Waals surface area contributed by atoms with Crippen molar-refractivity contribution in [3.8, 4) is 0 Å². The van der Waals surface area contributed by atoms with Gasteiger partial charge in [-0.15, -0.1) is 0 Å². The normalized spacial score (nSPS) is 28.0. The van der Waals surface area contributed by atoms with E-state index in [1.54, 1.807) is 0 Å². The molecule has 3 fully saturated rings. The minimum atomic E-state index is -1.16. The lowest BCUT2D eigenvalue weighted by atomic mass is 9.44. The number of fused-ring (bicyclic) bond motifs is 3. The SMILES string of the molecule is CCC1Cc2c([nH]c3ccccc23)C(c2c(F)cc(/C=C/C(=O)O)cc2F)N1CC12CC(C1)C2. The fourth-order valence-electron chi connectivity index (χ4n) is 6.68. The van der Waals surface area contributed by atoms with Gasteiger partial charge in [0.2, 0.25) is 0 Å². The van der Waals surface area contributed by atoms with Gasteiger partial charge in [-0.1, -0.05) is 25.1 Å². The van der Waals surface area contributed by atoms with Crippen molar-refractivity contribution in [2.45, 2.75) is 51.1 Å². The number of benzene rings is 2. The maximum absolute atomic E-state index is 15.7. The Morgan fingerprint density at radius 1 is 1.21 bits per heavy atom. The molecule has 7 rings (SSSR count). The highest BCUT2D eigenvalue weighted by molar-refractivity contribution is 5.86. The molecule has 2 heterocycles. The number of H-pyrrole nitrogens is 1. The van der Waals surface area contributed by atoms with Crippen molar-refractivity contribution in [1.82, 2.24) is 9.88 Å². The molecule has 0 radical (unpaired) electrons. The average Bonchev–Trinajstić information content (AvgIpc) is 3.12. The van der Waals surface area contributed by atoms with Gasteiger partial charge in [-0.2, -0.15) is 0 Å². The van der Waals surface area contributed by atoms with E-state index in [1.165, 1.54) is 37.5 Å². The molecular weight excluding hydrogens is 434 g/mol. The molecule has 3 aromatic rings. The van der Waals surface area contributed by atoms with Crippen LogP contribution in [0.3, 0.4) is 0 Å². The van der Waals surface area contributed by atoms with E-state index in [4.69, 9.17) is 5.11 Å². The largest absolute Gasteiger partial charge is 0.478 e. The van der Waals surface area contributed by atoms with Crippen LogP contribution in [0.2, 0.25) is 0 Å². The van der Waals surface area contributed by atoms with Crippen LogP contribution in [0, 0.1) is 23.0 Å². The van der Waals surface area contributed by atoms with E-state index in [-0.39, 0.29) is 22.6 Å². The standard InChI is InChI=1S/C28H28F2N2O2/c1-2-18-11-20-19-5-3-4-6-23(19)31-26(20)27(32(18)15-28-12-17(13-28)14-28)25-21(29)9-16(10-22(25)30)7-8-24(33)34/h3-10,17-18,27,31H,2,11-15H2,1H3,(H,33,34)/b8-7+. The van der Waals surface area contributed by atoms with Crippen molar-refractivity contribution < 1.29 is 18.7 Å². The van der Waals surface area contributed by atoms with Gasteiger partial charge in [0.1, 0.15) is 11.6 Å². The molecule has 3 aliphatic carbocycles. The Morgan fingerprint density at radius 3 is 2.53 bits per heavy atom. The first-order valence-corrected chi connectivity index (χ1v) is 12.1. The van der Waals surface area contributed by atoms with Gasteiger partial charge in [0.25, 0.3) is 0 Å². The number of aromatic nitrogens is 1. The van der Waals surface area contributed by atoms with Gasteiger partial charge in [0, 0.05) is 40.8 Å². The summed E-state index contributed by atoms with van der Waals surface area (Å²) in [6, 6.07) is 10.2. The van der Waals surface area contributed by atoms with Gasteiger partial charge >= 0.3 is 5.97 Å². The highest BCUT2D eigenvalue weighted by Gasteiger charge is 2.58. The third kappa shape index (κ3) is 3.30. The van der Waals surface area contributed by atoms with Crippen LogP contribution < -0.4 is 0 Å². The lowest BCUT2D eigenvalue weighted by molar-refractivity contribution is -0.136. The highest BCUT2D eigenvalue weighted by atomic mass is 19.1. The van der Waals surface area contributed by atoms with Crippen LogP contribution in [0.25, 0.3) is 17.0 Å². The summed E-state index contributed by atoms with van der Waals surface area (Å²) in [5.41, 5.74) is 3.55.